The highest BCUT2D eigenvalue weighted by molar-refractivity contribution is 5.86. The third-order valence-electron chi connectivity index (χ3n) is 3.06. The molecule has 0 spiro atoms. The van der Waals surface area contributed by atoms with Crippen molar-refractivity contribution in [2.75, 3.05) is 19.8 Å². The first-order valence-corrected chi connectivity index (χ1v) is 5.91. The van der Waals surface area contributed by atoms with Crippen LogP contribution in [0.1, 0.15) is 34.1 Å². The summed E-state index contributed by atoms with van der Waals surface area (Å²) in [6.07, 6.45) is 0.840. The molecule has 1 rings (SSSR count). The molecule has 17 heavy (non-hydrogen) atoms. The van der Waals surface area contributed by atoms with E-state index in [0.717, 1.165) is 6.42 Å². The first-order chi connectivity index (χ1) is 7.80. The molecule has 0 unspecified atom stereocenters. The molecule has 4 heteroatoms. The maximum Gasteiger partial charge on any atom is 0.333 e. The van der Waals surface area contributed by atoms with Crippen LogP contribution in [0.15, 0.2) is 12.2 Å². The molecule has 1 aliphatic heterocycles. The molecule has 0 aliphatic carbocycles. The smallest absolute Gasteiger partial charge is 0.333 e. The van der Waals surface area contributed by atoms with Crippen molar-refractivity contribution in [1.29, 1.82) is 0 Å². The highest BCUT2D eigenvalue weighted by Gasteiger charge is 2.39. The van der Waals surface area contributed by atoms with Crippen molar-refractivity contribution in [3.05, 3.63) is 12.2 Å². The van der Waals surface area contributed by atoms with Gasteiger partial charge in [-0.05, 0) is 27.2 Å². The van der Waals surface area contributed by atoms with Gasteiger partial charge in [0.05, 0.1) is 18.6 Å². The van der Waals surface area contributed by atoms with Gasteiger partial charge in [-0.15, -0.1) is 0 Å². The second kappa shape index (κ2) is 5.19. The van der Waals surface area contributed by atoms with E-state index < -0.39 is 5.79 Å². The molecule has 98 valence electrons. The van der Waals surface area contributed by atoms with Gasteiger partial charge in [0.15, 0.2) is 5.79 Å². The minimum atomic E-state index is -0.545. The van der Waals surface area contributed by atoms with Crippen molar-refractivity contribution < 1.29 is 19.0 Å². The standard InChI is InChI=1S/C13H22O4/c1-6-13(7-15-11(14)10(2)3)8-16-12(4,5)17-9-13/h2,6-9H2,1,3-5H3. The van der Waals surface area contributed by atoms with E-state index in [1.165, 1.54) is 0 Å². The molecule has 1 fully saturated rings. The fraction of sp³-hybridized carbons (Fsp3) is 0.769. The molecule has 0 amide bonds. The summed E-state index contributed by atoms with van der Waals surface area (Å²) in [5.41, 5.74) is 0.176. The Morgan fingerprint density at radius 3 is 2.29 bits per heavy atom. The predicted molar refractivity (Wildman–Crippen MR) is 64.5 cm³/mol. The topological polar surface area (TPSA) is 44.8 Å². The molecule has 4 nitrogen and oxygen atoms in total. The summed E-state index contributed by atoms with van der Waals surface area (Å²) >= 11 is 0. The fourth-order valence-corrected chi connectivity index (χ4v) is 1.47. The van der Waals surface area contributed by atoms with Gasteiger partial charge in [-0.2, -0.15) is 0 Å². The van der Waals surface area contributed by atoms with Gasteiger partial charge in [0.1, 0.15) is 6.61 Å². The van der Waals surface area contributed by atoms with Crippen molar-refractivity contribution in [2.24, 2.45) is 5.41 Å². The Morgan fingerprint density at radius 1 is 1.35 bits per heavy atom. The van der Waals surface area contributed by atoms with Gasteiger partial charge in [0.25, 0.3) is 0 Å². The maximum atomic E-state index is 11.4. The molecule has 0 bridgehead atoms. The van der Waals surface area contributed by atoms with Gasteiger partial charge in [0, 0.05) is 5.57 Å². The molecule has 0 aromatic heterocycles. The van der Waals surface area contributed by atoms with Crippen LogP contribution in [0.5, 0.6) is 0 Å². The fourth-order valence-electron chi connectivity index (χ4n) is 1.47. The Morgan fingerprint density at radius 2 is 1.88 bits per heavy atom. The van der Waals surface area contributed by atoms with Crippen molar-refractivity contribution in [3.8, 4) is 0 Å². The van der Waals surface area contributed by atoms with Gasteiger partial charge in [-0.1, -0.05) is 13.5 Å². The van der Waals surface area contributed by atoms with Crippen LogP contribution >= 0.6 is 0 Å². The first-order valence-electron chi connectivity index (χ1n) is 5.91. The van der Waals surface area contributed by atoms with E-state index in [4.69, 9.17) is 14.2 Å². The third-order valence-corrected chi connectivity index (χ3v) is 3.06. The van der Waals surface area contributed by atoms with Crippen LogP contribution < -0.4 is 0 Å². The number of ether oxygens (including phenoxy) is 3. The Bertz CT molecular complexity index is 297. The van der Waals surface area contributed by atoms with E-state index in [0.29, 0.717) is 25.4 Å². The molecule has 0 radical (unpaired) electrons. The van der Waals surface area contributed by atoms with Crippen LogP contribution in [-0.4, -0.2) is 31.6 Å². The normalized spacial score (nSPS) is 21.9. The van der Waals surface area contributed by atoms with E-state index in [-0.39, 0.29) is 11.4 Å². The zero-order chi connectivity index (χ0) is 13.1. The second-order valence-corrected chi connectivity index (χ2v) is 5.19. The summed E-state index contributed by atoms with van der Waals surface area (Å²) in [4.78, 5) is 11.4. The highest BCUT2D eigenvalue weighted by Crippen LogP contribution is 2.32. The summed E-state index contributed by atoms with van der Waals surface area (Å²) in [7, 11) is 0. The lowest BCUT2D eigenvalue weighted by Gasteiger charge is -2.42. The molecule has 0 atom stereocenters. The average molecular weight is 242 g/mol. The van der Waals surface area contributed by atoms with Crippen LogP contribution in [-0.2, 0) is 19.0 Å². The number of carbonyl (C=O) groups excluding carboxylic acids is 1. The first kappa shape index (κ1) is 14.2. The van der Waals surface area contributed by atoms with Crippen molar-refractivity contribution in [1.82, 2.24) is 0 Å². The zero-order valence-electron chi connectivity index (χ0n) is 11.2. The quantitative estimate of drug-likeness (QED) is 0.560. The van der Waals surface area contributed by atoms with E-state index >= 15 is 0 Å². The molecule has 0 N–H and O–H groups in total. The third kappa shape index (κ3) is 3.82. The summed E-state index contributed by atoms with van der Waals surface area (Å²) in [6, 6.07) is 0. The molecule has 1 aliphatic rings. The lowest BCUT2D eigenvalue weighted by Crippen LogP contribution is -2.48. The Hall–Kier alpha value is -0.870. The lowest BCUT2D eigenvalue weighted by molar-refractivity contribution is -0.291. The van der Waals surface area contributed by atoms with Crippen LogP contribution in [0, 0.1) is 5.41 Å². The summed E-state index contributed by atoms with van der Waals surface area (Å²) in [5.74, 6) is -0.903. The summed E-state index contributed by atoms with van der Waals surface area (Å²) < 4.78 is 16.5. The average Bonchev–Trinajstić information content (AvgIpc) is 2.28. The van der Waals surface area contributed by atoms with Crippen LogP contribution in [0.3, 0.4) is 0 Å². The SMILES string of the molecule is C=C(C)C(=O)OCC1(CC)COC(C)(C)OC1. The summed E-state index contributed by atoms with van der Waals surface area (Å²) in [6.45, 7) is 12.4. The molecule has 1 saturated heterocycles. The number of hydrogen-bond donors (Lipinski definition) is 0. The van der Waals surface area contributed by atoms with Gasteiger partial charge < -0.3 is 14.2 Å². The molecular formula is C13H22O4. The number of hydrogen-bond acceptors (Lipinski definition) is 4. The summed E-state index contributed by atoms with van der Waals surface area (Å²) in [5, 5.41) is 0. The van der Waals surface area contributed by atoms with Gasteiger partial charge >= 0.3 is 5.97 Å². The van der Waals surface area contributed by atoms with Gasteiger partial charge in [-0.3, -0.25) is 0 Å². The Kier molecular flexibility index (Phi) is 4.33. The maximum absolute atomic E-state index is 11.4. The minimum Gasteiger partial charge on any atom is -0.462 e. The molecule has 1 heterocycles. The molecule has 0 aromatic carbocycles. The molecular weight excluding hydrogens is 220 g/mol. The number of carbonyl (C=O) groups is 1. The van der Waals surface area contributed by atoms with Crippen molar-refractivity contribution >= 4 is 5.97 Å². The Balaban J connectivity index is 2.54. The van der Waals surface area contributed by atoms with E-state index in [2.05, 4.69) is 6.58 Å². The number of esters is 1. The molecule has 0 saturated carbocycles. The van der Waals surface area contributed by atoms with Gasteiger partial charge in [-0.25, -0.2) is 4.79 Å². The predicted octanol–water partition coefficient (Wildman–Crippen LogP) is 2.29. The van der Waals surface area contributed by atoms with E-state index in [1.807, 2.05) is 20.8 Å². The van der Waals surface area contributed by atoms with Crippen LogP contribution in [0.2, 0.25) is 0 Å². The highest BCUT2D eigenvalue weighted by atomic mass is 16.7. The van der Waals surface area contributed by atoms with E-state index in [1.54, 1.807) is 6.92 Å². The second-order valence-electron chi connectivity index (χ2n) is 5.19. The van der Waals surface area contributed by atoms with Crippen LogP contribution in [0.25, 0.3) is 0 Å². The van der Waals surface area contributed by atoms with Crippen LogP contribution in [0.4, 0.5) is 0 Å². The lowest BCUT2D eigenvalue weighted by atomic mass is 9.87. The van der Waals surface area contributed by atoms with Gasteiger partial charge in [0.2, 0.25) is 0 Å². The minimum absolute atomic E-state index is 0.235. The van der Waals surface area contributed by atoms with E-state index in [9.17, 15) is 4.79 Å². The monoisotopic (exact) mass is 242 g/mol. The van der Waals surface area contributed by atoms with Crippen molar-refractivity contribution in [2.45, 2.75) is 39.9 Å². The largest absolute Gasteiger partial charge is 0.462 e. The molecule has 0 aromatic rings. The number of rotatable bonds is 4. The zero-order valence-corrected chi connectivity index (χ0v) is 11.2. The Labute approximate surface area is 103 Å². The van der Waals surface area contributed by atoms with Crippen molar-refractivity contribution in [3.63, 3.8) is 0 Å².